The van der Waals surface area contributed by atoms with E-state index in [2.05, 4.69) is 80.6 Å². The van der Waals surface area contributed by atoms with Gasteiger partial charge in [0.05, 0.1) is 41.3 Å². The van der Waals surface area contributed by atoms with Crippen molar-refractivity contribution in [3.8, 4) is 0 Å². The zero-order valence-corrected chi connectivity index (χ0v) is 28.2. The average molecular weight is 638 g/mol. The number of aliphatic hydroxyl groups is 1. The number of hydrogen-bond donors (Lipinski definition) is 3. The number of aromatic nitrogens is 1. The molecule has 1 aliphatic carbocycles. The summed E-state index contributed by atoms with van der Waals surface area (Å²) < 4.78 is 5.03. The predicted molar refractivity (Wildman–Crippen MR) is 191 cm³/mol. The number of carbonyl (C=O) groups is 1. The van der Waals surface area contributed by atoms with E-state index in [1.165, 1.54) is 12.7 Å². The van der Waals surface area contributed by atoms with E-state index in [0.717, 1.165) is 102 Å². The van der Waals surface area contributed by atoms with Gasteiger partial charge < -0.3 is 20.1 Å². The van der Waals surface area contributed by atoms with Crippen LogP contribution in [0.5, 0.6) is 0 Å². The van der Waals surface area contributed by atoms with Crippen LogP contribution >= 0.6 is 0 Å². The van der Waals surface area contributed by atoms with Crippen molar-refractivity contribution in [1.82, 2.24) is 10.3 Å². The Morgan fingerprint density at radius 2 is 1.75 bits per heavy atom. The molecule has 1 aromatic heterocycles. The van der Waals surface area contributed by atoms with Gasteiger partial charge in [-0.1, -0.05) is 32.0 Å². The quantitative estimate of drug-likeness (QED) is 0.287. The molecule has 6 aliphatic rings. The van der Waals surface area contributed by atoms with Gasteiger partial charge in [0.1, 0.15) is 5.76 Å². The number of aliphatic imine (C=N–C) groups is 3. The average Bonchev–Trinajstić information content (AvgIpc) is 3.90. The first-order chi connectivity index (χ1) is 23.2. The number of aliphatic hydroxyl groups excluding tert-OH is 1. The van der Waals surface area contributed by atoms with Crippen molar-refractivity contribution in [2.45, 2.75) is 60.3 Å². The second kappa shape index (κ2) is 11.2. The van der Waals surface area contributed by atoms with Crippen LogP contribution < -0.4 is 5.32 Å². The Bertz CT molecular complexity index is 2220. The van der Waals surface area contributed by atoms with Crippen LogP contribution in [0.1, 0.15) is 65.9 Å². The summed E-state index contributed by atoms with van der Waals surface area (Å²) in [6, 6.07) is 8.36. The Hall–Kier alpha value is -5.24. The first-order valence-electron chi connectivity index (χ1n) is 16.8. The summed E-state index contributed by atoms with van der Waals surface area (Å²) in [5, 5.41) is 16.2. The van der Waals surface area contributed by atoms with Crippen LogP contribution in [0, 0.1) is 11.8 Å². The summed E-state index contributed by atoms with van der Waals surface area (Å²) in [6.07, 6.45) is 10.6. The van der Waals surface area contributed by atoms with Crippen molar-refractivity contribution < 1.29 is 14.6 Å². The minimum atomic E-state index is -0.233. The first kappa shape index (κ1) is 30.1. The molecule has 0 unspecified atom stereocenters. The van der Waals surface area contributed by atoms with Crippen molar-refractivity contribution in [2.24, 2.45) is 26.8 Å². The zero-order chi connectivity index (χ0) is 33.4. The number of fused-ring (bicyclic) bond motifs is 6. The fourth-order valence-corrected chi connectivity index (χ4v) is 8.10. The lowest BCUT2D eigenvalue weighted by molar-refractivity contribution is -0.140. The third-order valence-corrected chi connectivity index (χ3v) is 10.8. The van der Waals surface area contributed by atoms with Gasteiger partial charge in [-0.05, 0) is 80.2 Å². The zero-order valence-electron chi connectivity index (χ0n) is 28.2. The topological polar surface area (TPSA) is 111 Å². The lowest BCUT2D eigenvalue weighted by atomic mass is 9.86. The number of hydrogen-bond acceptors (Lipinski definition) is 7. The molecule has 6 heterocycles. The van der Waals surface area contributed by atoms with Crippen LogP contribution in [-0.4, -0.2) is 40.3 Å². The summed E-state index contributed by atoms with van der Waals surface area (Å²) >= 11 is 0. The van der Waals surface area contributed by atoms with Crippen LogP contribution in [0.25, 0.3) is 16.5 Å². The van der Waals surface area contributed by atoms with Gasteiger partial charge >= 0.3 is 5.97 Å². The van der Waals surface area contributed by atoms with Crippen LogP contribution in [0.3, 0.4) is 0 Å². The number of allylic oxidation sites excluding steroid dienone is 12. The number of para-hydroxylation sites is 1. The highest BCUT2D eigenvalue weighted by molar-refractivity contribution is 6.23. The maximum absolute atomic E-state index is 12.3. The largest absolute Gasteiger partial charge is 0.511 e. The van der Waals surface area contributed by atoms with E-state index in [0.29, 0.717) is 25.0 Å². The molecule has 1 saturated heterocycles. The number of esters is 1. The third kappa shape index (κ3) is 4.49. The monoisotopic (exact) mass is 637 g/mol. The van der Waals surface area contributed by atoms with E-state index in [1.54, 1.807) is 0 Å². The molecule has 48 heavy (non-hydrogen) atoms. The van der Waals surface area contributed by atoms with Crippen molar-refractivity contribution in [3.05, 3.63) is 122 Å². The van der Waals surface area contributed by atoms with Gasteiger partial charge in [0, 0.05) is 75.5 Å². The minimum absolute atomic E-state index is 0.00632. The highest BCUT2D eigenvalue weighted by Gasteiger charge is 2.41. The van der Waals surface area contributed by atoms with Crippen molar-refractivity contribution in [1.29, 1.82) is 0 Å². The van der Waals surface area contributed by atoms with Crippen LogP contribution in [-0.2, 0) is 9.53 Å². The lowest BCUT2D eigenvalue weighted by Gasteiger charge is -2.17. The van der Waals surface area contributed by atoms with Crippen LogP contribution in [0.4, 0.5) is 0 Å². The molecular weight excluding hydrogens is 598 g/mol. The number of rotatable bonds is 5. The molecule has 8 heteroatoms. The second-order valence-corrected chi connectivity index (χ2v) is 13.4. The van der Waals surface area contributed by atoms with Gasteiger partial charge in [-0.15, -0.1) is 0 Å². The molecule has 242 valence electrons. The summed E-state index contributed by atoms with van der Waals surface area (Å²) in [4.78, 5) is 31.4. The Balaban J connectivity index is 1.37. The van der Waals surface area contributed by atoms with E-state index in [-0.39, 0.29) is 17.8 Å². The summed E-state index contributed by atoms with van der Waals surface area (Å²) in [7, 11) is 1.43. The SMILES string of the molecule is CCC1=C(C)C2=NC1=CC1=C(C)C3=C(O)CC(=C4NC(=CC5=NC(=C2)C(c2c[nH]c6ccccc26)=C5C)[C@@H](C)[C@@H]4CCC(=O)OC)C3=N1. The molecule has 3 N–H and O–H groups in total. The summed E-state index contributed by atoms with van der Waals surface area (Å²) in [5.41, 5.74) is 16.6. The number of nitrogens with zero attached hydrogens (tertiary/aromatic N) is 3. The van der Waals surface area contributed by atoms with E-state index < -0.39 is 0 Å². The number of carbonyl (C=O) groups excluding carboxylic acids is 1. The number of ether oxygens (including phenoxy) is 1. The predicted octanol–water partition coefficient (Wildman–Crippen LogP) is 8.25. The van der Waals surface area contributed by atoms with Gasteiger partial charge in [-0.2, -0.15) is 0 Å². The molecule has 8 rings (SSSR count). The molecule has 1 fully saturated rings. The Labute approximate surface area is 280 Å². The Kier molecular flexibility index (Phi) is 7.02. The molecule has 0 amide bonds. The molecule has 1 aromatic carbocycles. The highest BCUT2D eigenvalue weighted by Crippen LogP contribution is 2.47. The summed E-state index contributed by atoms with van der Waals surface area (Å²) in [6.45, 7) is 10.7. The number of nitrogens with one attached hydrogen (secondary N) is 2. The van der Waals surface area contributed by atoms with Gasteiger partial charge in [-0.3, -0.25) is 4.79 Å². The number of H-pyrrole nitrogens is 1. The van der Waals surface area contributed by atoms with Crippen molar-refractivity contribution >= 4 is 39.6 Å². The molecule has 8 nitrogen and oxygen atoms in total. The molecular formula is C40H39N5O3. The maximum Gasteiger partial charge on any atom is 0.305 e. The van der Waals surface area contributed by atoms with Gasteiger partial charge in [0.2, 0.25) is 0 Å². The van der Waals surface area contributed by atoms with E-state index in [4.69, 9.17) is 19.7 Å². The van der Waals surface area contributed by atoms with Crippen LogP contribution in [0.2, 0.25) is 0 Å². The maximum atomic E-state index is 12.3. The molecule has 2 aromatic rings. The standard InChI is InChI=1S/C40H39N5O3/c1-7-23-19(2)29-17-34-37(27-18-41-28-11-9-8-10-25(27)28)21(4)31(43-34)15-30-20(3)24(12-13-36(47)48-6)39(44-30)26-14-35(46)38-22(5)32(45-40(26)38)16-33(23)42-29/h8-11,15-18,20,24,41,44,46H,7,12-14H2,1-6H3/t20-,24-/m0/s1. The molecule has 0 radical (unpaired) electrons. The van der Waals surface area contributed by atoms with Gasteiger partial charge in [-0.25, -0.2) is 15.0 Å². The third-order valence-electron chi connectivity index (χ3n) is 10.8. The fourth-order valence-electron chi connectivity index (χ4n) is 8.10. The molecule has 8 bridgehead atoms. The van der Waals surface area contributed by atoms with Gasteiger partial charge in [0.25, 0.3) is 0 Å². The molecule has 0 spiro atoms. The minimum Gasteiger partial charge on any atom is -0.511 e. The van der Waals surface area contributed by atoms with E-state index in [1.807, 2.05) is 13.0 Å². The van der Waals surface area contributed by atoms with Crippen molar-refractivity contribution in [2.75, 3.05) is 7.11 Å². The smallest absolute Gasteiger partial charge is 0.305 e. The van der Waals surface area contributed by atoms with E-state index in [9.17, 15) is 9.90 Å². The van der Waals surface area contributed by atoms with Crippen molar-refractivity contribution in [3.63, 3.8) is 0 Å². The molecule has 5 aliphatic heterocycles. The van der Waals surface area contributed by atoms with E-state index >= 15 is 0 Å². The number of benzene rings is 1. The number of aromatic amines is 1. The summed E-state index contributed by atoms with van der Waals surface area (Å²) in [5.74, 6) is 0.166. The first-order valence-corrected chi connectivity index (χ1v) is 16.8. The second-order valence-electron chi connectivity index (χ2n) is 13.4. The normalized spacial score (nSPS) is 23.2. The highest BCUT2D eigenvalue weighted by atomic mass is 16.5. The van der Waals surface area contributed by atoms with Crippen LogP contribution in [0.15, 0.2) is 131 Å². The molecule has 0 saturated carbocycles. The Morgan fingerprint density at radius 3 is 2.54 bits per heavy atom. The lowest BCUT2D eigenvalue weighted by Crippen LogP contribution is -2.16. The Morgan fingerprint density at radius 1 is 0.979 bits per heavy atom. The number of methoxy groups -OCH3 is 1. The fraction of sp³-hybridized carbons (Fsp3) is 0.300. The van der Waals surface area contributed by atoms with Gasteiger partial charge in [0.15, 0.2) is 0 Å². The molecule has 2 atom stereocenters.